The fourth-order valence-electron chi connectivity index (χ4n) is 0.410. The zero-order chi connectivity index (χ0) is 7.98. The monoisotopic (exact) mass is 162 g/mol. The molecule has 0 aliphatic heterocycles. The van der Waals surface area contributed by atoms with Crippen LogP contribution in [0.25, 0.3) is 0 Å². The van der Waals surface area contributed by atoms with Gasteiger partial charge in [0.25, 0.3) is 0 Å². The van der Waals surface area contributed by atoms with Gasteiger partial charge in [-0.25, -0.2) is 5.16 Å². The summed E-state index contributed by atoms with van der Waals surface area (Å²) in [5, 5.41) is 2.56. The van der Waals surface area contributed by atoms with Crippen molar-refractivity contribution in [3.8, 4) is 0 Å². The molecule has 1 aromatic heterocycles. The maximum atomic E-state index is 4.63. The van der Waals surface area contributed by atoms with E-state index in [2.05, 4.69) is 26.9 Å². The van der Waals surface area contributed by atoms with Gasteiger partial charge >= 0.3 is 4.84 Å². The van der Waals surface area contributed by atoms with Gasteiger partial charge in [-0.15, -0.1) is 0 Å². The minimum Gasteiger partial charge on any atom is -0.348 e. The second-order valence-corrected chi connectivity index (χ2v) is 1.73. The van der Waals surface area contributed by atoms with Crippen LogP contribution in [-0.2, 0) is 6.42 Å². The van der Waals surface area contributed by atoms with E-state index in [9.17, 15) is 0 Å². The maximum absolute atomic E-state index is 4.63. The zero-order valence-corrected chi connectivity index (χ0v) is 7.29. The molecule has 10 heavy (non-hydrogen) atoms. The molecule has 4 heteroatoms. The number of hydrogen-bond acceptors (Lipinski definition) is 3. The largest absolute Gasteiger partial charge is 0.348 e. The Kier molecular flexibility index (Phi) is 4.84. The topological polar surface area (TPSA) is 41.8 Å². The molecule has 60 valence electrons. The lowest BCUT2D eigenvalue weighted by atomic mass is 10.5. The molecule has 1 N–H and O–H groups in total. The summed E-state index contributed by atoms with van der Waals surface area (Å²) in [4.78, 5) is 4.10. The lowest BCUT2D eigenvalue weighted by molar-refractivity contribution is 0.399. The van der Waals surface area contributed by atoms with E-state index in [0.29, 0.717) is 0 Å². The lowest BCUT2D eigenvalue weighted by Crippen LogP contribution is -1.79. The Hall–Kier alpha value is -0.640. The molecule has 0 aliphatic carbocycles. The van der Waals surface area contributed by atoms with Gasteiger partial charge in [0, 0.05) is 7.85 Å². The average molecular weight is 162 g/mol. The third-order valence-electron chi connectivity index (χ3n) is 0.817. The van der Waals surface area contributed by atoms with Crippen molar-refractivity contribution in [1.82, 2.24) is 10.1 Å². The van der Waals surface area contributed by atoms with Crippen LogP contribution in [0.15, 0.2) is 4.52 Å². The van der Waals surface area contributed by atoms with E-state index in [1.54, 1.807) is 0 Å². The van der Waals surface area contributed by atoms with Crippen LogP contribution in [0.2, 0.25) is 0 Å². The fraction of sp³-hybridized carbons (Fsp3) is 0.667. The van der Waals surface area contributed by atoms with E-state index in [0.717, 1.165) is 12.2 Å². The van der Waals surface area contributed by atoms with Crippen LogP contribution in [0.3, 0.4) is 0 Å². The Balaban J connectivity index is 0. The van der Waals surface area contributed by atoms with Crippen molar-refractivity contribution in [3.05, 3.63) is 10.7 Å². The van der Waals surface area contributed by atoms with Gasteiger partial charge in [0.1, 0.15) is 5.82 Å². The molecule has 0 saturated heterocycles. The van der Waals surface area contributed by atoms with Crippen LogP contribution >= 0.6 is 12.2 Å². The first-order valence-electron chi connectivity index (χ1n) is 3.37. The normalized spacial score (nSPS) is 8.30. The van der Waals surface area contributed by atoms with Gasteiger partial charge in [-0.1, -0.05) is 20.8 Å². The van der Waals surface area contributed by atoms with Gasteiger partial charge in [0.05, 0.1) is 0 Å². The molecule has 0 amide bonds. The third-order valence-corrected chi connectivity index (χ3v) is 0.992. The Morgan fingerprint density at radius 1 is 1.70 bits per heavy atom. The number of aryl methyl sites for hydroxylation is 1. The highest BCUT2D eigenvalue weighted by Gasteiger charge is 1.89. The lowest BCUT2D eigenvalue weighted by Gasteiger charge is -1.76. The molecule has 0 radical (unpaired) electrons. The molecule has 0 fully saturated rings. The smallest absolute Gasteiger partial charge is 0.314 e. The van der Waals surface area contributed by atoms with Crippen molar-refractivity contribution in [3.63, 3.8) is 0 Å². The summed E-state index contributed by atoms with van der Waals surface area (Å²) in [6.07, 6.45) is 0.833. The summed E-state index contributed by atoms with van der Waals surface area (Å²) in [6, 6.07) is 0. The van der Waals surface area contributed by atoms with Crippen molar-refractivity contribution in [2.24, 2.45) is 0 Å². The molecule has 1 rings (SSSR count). The molecular weight excluding hydrogens is 148 g/mol. The molecule has 0 aliphatic rings. The standard InChI is InChI=1S/C4H6N2OS.C2H6.H2/c1-2-3-5-4(8)7-6-3;1-2;/h2H2,1H3,(H,5,6,8);1-2H3;1H. The average Bonchev–Trinajstić information content (AvgIpc) is 2.40. The number of aromatic nitrogens is 2. The van der Waals surface area contributed by atoms with Crippen molar-refractivity contribution in [2.45, 2.75) is 27.2 Å². The Bertz CT molecular complexity index is 220. The highest BCUT2D eigenvalue weighted by Crippen LogP contribution is 1.89. The molecule has 3 nitrogen and oxygen atoms in total. The SMILES string of the molecule is CC.CCc1nc(=S)o[nH]1.[HH]. The maximum Gasteiger partial charge on any atom is 0.314 e. The molecule has 1 aromatic rings. The van der Waals surface area contributed by atoms with Crippen LogP contribution in [0, 0.1) is 4.84 Å². The third kappa shape index (κ3) is 2.77. The molecule has 0 aromatic carbocycles. The molecular formula is C6H14N2OS. The van der Waals surface area contributed by atoms with E-state index in [1.807, 2.05) is 20.8 Å². The number of nitrogens with one attached hydrogen (secondary N) is 1. The number of rotatable bonds is 1. The predicted molar refractivity (Wildman–Crippen MR) is 44.5 cm³/mol. The number of nitrogens with zero attached hydrogens (tertiary/aromatic N) is 1. The number of H-pyrrole nitrogens is 1. The van der Waals surface area contributed by atoms with Crippen LogP contribution < -0.4 is 0 Å². The molecule has 0 atom stereocenters. The summed E-state index contributed by atoms with van der Waals surface area (Å²) in [5.74, 6) is 0.801. The molecule has 0 saturated carbocycles. The molecule has 1 heterocycles. The number of aromatic amines is 1. The van der Waals surface area contributed by atoms with Crippen molar-refractivity contribution >= 4 is 12.2 Å². The van der Waals surface area contributed by atoms with Crippen molar-refractivity contribution < 1.29 is 5.95 Å². The van der Waals surface area contributed by atoms with Crippen LogP contribution in [0.5, 0.6) is 0 Å². The summed E-state index contributed by atoms with van der Waals surface area (Å²) >= 11 is 4.59. The predicted octanol–water partition coefficient (Wildman–Crippen LogP) is 2.57. The first-order valence-corrected chi connectivity index (χ1v) is 3.78. The van der Waals surface area contributed by atoms with Crippen LogP contribution in [0.4, 0.5) is 0 Å². The van der Waals surface area contributed by atoms with Gasteiger partial charge in [0.15, 0.2) is 0 Å². The molecule has 0 unspecified atom stereocenters. The van der Waals surface area contributed by atoms with E-state index < -0.39 is 0 Å². The summed E-state index contributed by atoms with van der Waals surface area (Å²) in [6.45, 7) is 5.98. The Morgan fingerprint density at radius 2 is 2.30 bits per heavy atom. The highest BCUT2D eigenvalue weighted by atomic mass is 32.1. The second-order valence-electron chi connectivity index (χ2n) is 1.38. The summed E-state index contributed by atoms with van der Waals surface area (Å²) < 4.78 is 4.63. The number of hydrogen-bond donors (Lipinski definition) is 1. The second kappa shape index (κ2) is 5.17. The van der Waals surface area contributed by atoms with E-state index >= 15 is 0 Å². The molecule has 0 spiro atoms. The van der Waals surface area contributed by atoms with E-state index in [-0.39, 0.29) is 6.26 Å². The Morgan fingerprint density at radius 3 is 2.50 bits per heavy atom. The van der Waals surface area contributed by atoms with E-state index in [4.69, 9.17) is 0 Å². The van der Waals surface area contributed by atoms with Gasteiger partial charge in [-0.3, -0.25) is 0 Å². The zero-order valence-electron chi connectivity index (χ0n) is 6.47. The first kappa shape index (κ1) is 9.36. The quantitative estimate of drug-likeness (QED) is 0.645. The van der Waals surface area contributed by atoms with Crippen LogP contribution in [-0.4, -0.2) is 10.1 Å². The van der Waals surface area contributed by atoms with Crippen molar-refractivity contribution in [2.75, 3.05) is 0 Å². The minimum atomic E-state index is 0. The van der Waals surface area contributed by atoms with Gasteiger partial charge < -0.3 is 4.52 Å². The van der Waals surface area contributed by atoms with Gasteiger partial charge in [0.2, 0.25) is 0 Å². The van der Waals surface area contributed by atoms with Crippen molar-refractivity contribution in [1.29, 1.82) is 0 Å². The highest BCUT2D eigenvalue weighted by molar-refractivity contribution is 7.71. The van der Waals surface area contributed by atoms with Gasteiger partial charge in [-0.2, -0.15) is 4.98 Å². The minimum absolute atomic E-state index is 0. The van der Waals surface area contributed by atoms with Gasteiger partial charge in [-0.05, 0) is 12.2 Å². The summed E-state index contributed by atoms with van der Waals surface area (Å²) in [7, 11) is 0. The molecule has 0 bridgehead atoms. The summed E-state index contributed by atoms with van der Waals surface area (Å²) in [5.41, 5.74) is 0. The fourth-order valence-corrected chi connectivity index (χ4v) is 0.561. The van der Waals surface area contributed by atoms with Crippen LogP contribution in [0.1, 0.15) is 28.0 Å². The first-order chi connectivity index (χ1) is 4.83. The Labute approximate surface area is 66.9 Å². The van der Waals surface area contributed by atoms with E-state index in [1.165, 1.54) is 0 Å².